The first-order chi connectivity index (χ1) is 7.70. The van der Waals surface area contributed by atoms with Gasteiger partial charge in [-0.25, -0.2) is 4.39 Å². The molecule has 0 aliphatic carbocycles. The summed E-state index contributed by atoms with van der Waals surface area (Å²) in [6.45, 7) is 0.906. The Hall–Kier alpha value is -1.39. The van der Waals surface area contributed by atoms with E-state index in [0.717, 1.165) is 11.3 Å². The lowest BCUT2D eigenvalue weighted by atomic mass is 10.2. The summed E-state index contributed by atoms with van der Waals surface area (Å²) in [6, 6.07) is 6.56. The SMILES string of the molecule is NCc1ccnn1Cc1ccc(Cl)c(F)c1. The highest BCUT2D eigenvalue weighted by Crippen LogP contribution is 2.16. The van der Waals surface area contributed by atoms with Crippen molar-refractivity contribution in [2.75, 3.05) is 0 Å². The second kappa shape index (κ2) is 4.63. The molecule has 0 unspecified atom stereocenters. The summed E-state index contributed by atoms with van der Waals surface area (Å²) in [5.41, 5.74) is 7.26. The van der Waals surface area contributed by atoms with Gasteiger partial charge >= 0.3 is 0 Å². The lowest BCUT2D eigenvalue weighted by molar-refractivity contribution is 0.613. The smallest absolute Gasteiger partial charge is 0.142 e. The van der Waals surface area contributed by atoms with Crippen LogP contribution in [-0.4, -0.2) is 9.78 Å². The minimum atomic E-state index is -0.416. The Balaban J connectivity index is 2.24. The molecule has 0 radical (unpaired) electrons. The molecule has 0 bridgehead atoms. The van der Waals surface area contributed by atoms with Gasteiger partial charge in [-0.2, -0.15) is 5.10 Å². The summed E-state index contributed by atoms with van der Waals surface area (Å²) >= 11 is 5.60. The second-order valence-corrected chi connectivity index (χ2v) is 3.84. The van der Waals surface area contributed by atoms with E-state index in [9.17, 15) is 4.39 Å². The molecule has 3 nitrogen and oxygen atoms in total. The van der Waals surface area contributed by atoms with E-state index in [1.165, 1.54) is 12.1 Å². The van der Waals surface area contributed by atoms with Gasteiger partial charge in [0.25, 0.3) is 0 Å². The fourth-order valence-electron chi connectivity index (χ4n) is 1.49. The molecule has 84 valence electrons. The first-order valence-electron chi connectivity index (χ1n) is 4.85. The zero-order chi connectivity index (χ0) is 11.5. The Labute approximate surface area is 97.6 Å². The molecule has 1 aromatic carbocycles. The number of nitrogens with two attached hydrogens (primary N) is 1. The molecule has 0 spiro atoms. The molecule has 1 heterocycles. The van der Waals surface area contributed by atoms with E-state index in [2.05, 4.69) is 5.10 Å². The van der Waals surface area contributed by atoms with Crippen LogP contribution in [0.25, 0.3) is 0 Å². The average Bonchev–Trinajstić information content (AvgIpc) is 2.71. The Kier molecular flexibility index (Phi) is 3.22. The number of rotatable bonds is 3. The summed E-state index contributed by atoms with van der Waals surface area (Å²) in [6.07, 6.45) is 1.68. The van der Waals surface area contributed by atoms with Crippen molar-refractivity contribution >= 4 is 11.6 Å². The number of nitrogens with zero attached hydrogens (tertiary/aromatic N) is 2. The maximum absolute atomic E-state index is 13.2. The summed E-state index contributed by atoms with van der Waals surface area (Å²) < 4.78 is 14.9. The molecule has 5 heteroatoms. The highest BCUT2D eigenvalue weighted by molar-refractivity contribution is 6.30. The van der Waals surface area contributed by atoms with Crippen LogP contribution in [0, 0.1) is 5.82 Å². The molecule has 0 atom stereocenters. The van der Waals surface area contributed by atoms with Gasteiger partial charge in [-0.05, 0) is 23.8 Å². The third kappa shape index (κ3) is 2.23. The van der Waals surface area contributed by atoms with Crippen LogP contribution >= 0.6 is 11.6 Å². The molecule has 0 aliphatic rings. The molecule has 2 rings (SSSR count). The monoisotopic (exact) mass is 239 g/mol. The molecule has 0 amide bonds. The van der Waals surface area contributed by atoms with Gasteiger partial charge in [0.1, 0.15) is 5.82 Å². The third-order valence-corrected chi connectivity index (χ3v) is 2.64. The second-order valence-electron chi connectivity index (χ2n) is 3.43. The predicted octanol–water partition coefficient (Wildman–Crippen LogP) is 2.18. The number of hydrogen-bond acceptors (Lipinski definition) is 2. The fraction of sp³-hybridized carbons (Fsp3) is 0.182. The Morgan fingerprint density at radius 3 is 2.88 bits per heavy atom. The van der Waals surface area contributed by atoms with E-state index in [1.807, 2.05) is 6.07 Å². The molecule has 0 aliphatic heterocycles. The van der Waals surface area contributed by atoms with Gasteiger partial charge in [-0.1, -0.05) is 17.7 Å². The third-order valence-electron chi connectivity index (χ3n) is 2.33. The largest absolute Gasteiger partial charge is 0.325 e. The van der Waals surface area contributed by atoms with Crippen molar-refractivity contribution in [1.82, 2.24) is 9.78 Å². The number of benzene rings is 1. The molecule has 16 heavy (non-hydrogen) atoms. The minimum Gasteiger partial charge on any atom is -0.325 e. The zero-order valence-corrected chi connectivity index (χ0v) is 9.28. The van der Waals surface area contributed by atoms with Crippen LogP contribution < -0.4 is 5.73 Å². The van der Waals surface area contributed by atoms with Crippen molar-refractivity contribution in [1.29, 1.82) is 0 Å². The van der Waals surface area contributed by atoms with Crippen LogP contribution in [0.4, 0.5) is 4.39 Å². The highest BCUT2D eigenvalue weighted by Gasteiger charge is 2.04. The van der Waals surface area contributed by atoms with E-state index in [-0.39, 0.29) is 5.02 Å². The van der Waals surface area contributed by atoms with E-state index < -0.39 is 5.82 Å². The van der Waals surface area contributed by atoms with Gasteiger partial charge < -0.3 is 5.73 Å². The first kappa shape index (κ1) is 11.1. The van der Waals surface area contributed by atoms with E-state index in [0.29, 0.717) is 13.1 Å². The van der Waals surface area contributed by atoms with Gasteiger partial charge in [0.15, 0.2) is 0 Å². The zero-order valence-electron chi connectivity index (χ0n) is 8.53. The van der Waals surface area contributed by atoms with E-state index in [1.54, 1.807) is 16.9 Å². The summed E-state index contributed by atoms with van der Waals surface area (Å²) in [5, 5.41) is 4.24. The van der Waals surface area contributed by atoms with Crippen LogP contribution in [0.1, 0.15) is 11.3 Å². The standard InChI is InChI=1S/C11H11ClFN3/c12-10-2-1-8(5-11(10)13)7-16-9(6-14)3-4-15-16/h1-5H,6-7,14H2. The predicted molar refractivity (Wildman–Crippen MR) is 60.6 cm³/mol. The maximum atomic E-state index is 13.2. The normalized spacial score (nSPS) is 10.7. The lowest BCUT2D eigenvalue weighted by Gasteiger charge is -2.06. The molecule has 0 saturated heterocycles. The molecule has 2 aromatic rings. The van der Waals surface area contributed by atoms with Crippen molar-refractivity contribution in [2.24, 2.45) is 5.73 Å². The lowest BCUT2D eigenvalue weighted by Crippen LogP contribution is -2.09. The van der Waals surface area contributed by atoms with Crippen LogP contribution in [-0.2, 0) is 13.1 Å². The van der Waals surface area contributed by atoms with Gasteiger partial charge in [-0.15, -0.1) is 0 Å². The highest BCUT2D eigenvalue weighted by atomic mass is 35.5. The van der Waals surface area contributed by atoms with Crippen molar-refractivity contribution in [3.63, 3.8) is 0 Å². The summed E-state index contributed by atoms with van der Waals surface area (Å²) in [4.78, 5) is 0. The molecular weight excluding hydrogens is 229 g/mol. The number of halogens is 2. The van der Waals surface area contributed by atoms with Crippen LogP contribution in [0.15, 0.2) is 30.5 Å². The van der Waals surface area contributed by atoms with E-state index >= 15 is 0 Å². The summed E-state index contributed by atoms with van der Waals surface area (Å²) in [7, 11) is 0. The molecule has 2 N–H and O–H groups in total. The molecule has 0 fully saturated rings. The van der Waals surface area contributed by atoms with Crippen molar-refractivity contribution < 1.29 is 4.39 Å². The van der Waals surface area contributed by atoms with Gasteiger partial charge in [0.05, 0.1) is 17.3 Å². The number of hydrogen-bond donors (Lipinski definition) is 1. The average molecular weight is 240 g/mol. The summed E-state index contributed by atoms with van der Waals surface area (Å²) in [5.74, 6) is -0.416. The maximum Gasteiger partial charge on any atom is 0.142 e. The van der Waals surface area contributed by atoms with Crippen molar-refractivity contribution in [3.05, 3.63) is 52.6 Å². The Bertz CT molecular complexity index is 496. The van der Waals surface area contributed by atoms with Crippen LogP contribution in [0.5, 0.6) is 0 Å². The number of aromatic nitrogens is 2. The van der Waals surface area contributed by atoms with Crippen LogP contribution in [0.2, 0.25) is 5.02 Å². The quantitative estimate of drug-likeness (QED) is 0.892. The first-order valence-corrected chi connectivity index (χ1v) is 5.23. The van der Waals surface area contributed by atoms with Gasteiger partial charge in [0.2, 0.25) is 0 Å². The van der Waals surface area contributed by atoms with Crippen LogP contribution in [0.3, 0.4) is 0 Å². The Morgan fingerprint density at radius 1 is 1.38 bits per heavy atom. The molecule has 1 aromatic heterocycles. The topological polar surface area (TPSA) is 43.8 Å². The van der Waals surface area contributed by atoms with Gasteiger partial charge in [-0.3, -0.25) is 4.68 Å². The fourth-order valence-corrected chi connectivity index (χ4v) is 1.60. The van der Waals surface area contributed by atoms with Crippen molar-refractivity contribution in [3.8, 4) is 0 Å². The molecule has 0 saturated carbocycles. The Morgan fingerprint density at radius 2 is 2.19 bits per heavy atom. The van der Waals surface area contributed by atoms with E-state index in [4.69, 9.17) is 17.3 Å². The van der Waals surface area contributed by atoms with Crippen molar-refractivity contribution in [2.45, 2.75) is 13.1 Å². The molecular formula is C11H11ClFN3. The van der Waals surface area contributed by atoms with Gasteiger partial charge in [0, 0.05) is 12.7 Å². The minimum absolute atomic E-state index is 0.128.